The third kappa shape index (κ3) is 8.44. The molecule has 0 aliphatic carbocycles. The number of ether oxygens (including phenoxy) is 1. The normalized spacial score (nSPS) is 11.7. The third-order valence-electron chi connectivity index (χ3n) is 6.64. The van der Waals surface area contributed by atoms with Crippen molar-refractivity contribution in [2.45, 2.75) is 71.6 Å². The molecule has 0 radical (unpaired) electrons. The lowest BCUT2D eigenvalue weighted by atomic mass is 9.97. The number of carboxylic acid groups (broad SMARTS) is 1. The van der Waals surface area contributed by atoms with E-state index in [0.29, 0.717) is 11.1 Å². The van der Waals surface area contributed by atoms with Crippen molar-refractivity contribution in [1.29, 1.82) is 0 Å². The average Bonchev–Trinajstić information content (AvgIpc) is 2.94. The summed E-state index contributed by atoms with van der Waals surface area (Å²) in [6.07, 6.45) is 5.93. The van der Waals surface area contributed by atoms with Gasteiger partial charge >= 0.3 is 5.97 Å². The molecule has 5 nitrogen and oxygen atoms in total. The summed E-state index contributed by atoms with van der Waals surface area (Å²) >= 11 is 0. The predicted molar refractivity (Wildman–Crippen MR) is 149 cm³/mol. The Morgan fingerprint density at radius 3 is 2.32 bits per heavy atom. The standard InChI is InChI=1S/C32H38FNO4/c1-3-5-6-7-8-30(26-13-15-27(16-14-26)32(37)34-20-19-31(35)36)38-28-17-18-29(24(4-2)21-28)25-11-9-23(22-33)10-12-25/h9-18,21,30H,3-8,19-20,22H2,1-2H3,(H,34,37)(H,35,36). The number of rotatable bonds is 15. The van der Waals surface area contributed by atoms with Gasteiger partial charge in [-0.1, -0.05) is 75.6 Å². The molecule has 3 rings (SSSR count). The molecule has 6 heteroatoms. The average molecular weight is 520 g/mol. The summed E-state index contributed by atoms with van der Waals surface area (Å²) in [6, 6.07) is 21.0. The second-order valence-electron chi connectivity index (χ2n) is 9.48. The summed E-state index contributed by atoms with van der Waals surface area (Å²) in [5.74, 6) is -0.444. The molecule has 0 spiro atoms. The summed E-state index contributed by atoms with van der Waals surface area (Å²) in [5.41, 5.74) is 5.48. The zero-order chi connectivity index (χ0) is 27.3. The molecule has 38 heavy (non-hydrogen) atoms. The van der Waals surface area contributed by atoms with Gasteiger partial charge in [0, 0.05) is 12.1 Å². The SMILES string of the molecule is CCCCCCC(Oc1ccc(-c2ccc(CF)cc2)c(CC)c1)c1ccc(C(=O)NCCC(=O)O)cc1. The minimum atomic E-state index is -0.947. The Balaban J connectivity index is 1.77. The number of carboxylic acids is 1. The van der Waals surface area contributed by atoms with Crippen LogP contribution in [0.3, 0.4) is 0 Å². The first-order valence-electron chi connectivity index (χ1n) is 13.5. The van der Waals surface area contributed by atoms with Crippen molar-refractivity contribution in [3.63, 3.8) is 0 Å². The Morgan fingerprint density at radius 2 is 1.68 bits per heavy atom. The monoisotopic (exact) mass is 519 g/mol. The van der Waals surface area contributed by atoms with Crippen LogP contribution in [0.1, 0.15) is 85.5 Å². The van der Waals surface area contributed by atoms with Gasteiger partial charge in [0.1, 0.15) is 18.5 Å². The summed E-state index contributed by atoms with van der Waals surface area (Å²) in [7, 11) is 0. The number of amides is 1. The number of halogens is 1. The van der Waals surface area contributed by atoms with Crippen molar-refractivity contribution in [1.82, 2.24) is 5.32 Å². The maximum absolute atomic E-state index is 12.9. The van der Waals surface area contributed by atoms with Crippen LogP contribution in [0.2, 0.25) is 0 Å². The van der Waals surface area contributed by atoms with Crippen LogP contribution < -0.4 is 10.1 Å². The Labute approximate surface area is 225 Å². The summed E-state index contributed by atoms with van der Waals surface area (Å²) in [6.45, 7) is 3.92. The van der Waals surface area contributed by atoms with Crippen molar-refractivity contribution >= 4 is 11.9 Å². The number of unbranched alkanes of at least 4 members (excludes halogenated alkanes) is 3. The number of hydrogen-bond donors (Lipinski definition) is 2. The molecule has 0 aromatic heterocycles. The first-order valence-corrected chi connectivity index (χ1v) is 13.5. The minimum Gasteiger partial charge on any atom is -0.486 e. The van der Waals surface area contributed by atoms with Crippen LogP contribution >= 0.6 is 0 Å². The van der Waals surface area contributed by atoms with E-state index in [1.54, 1.807) is 12.1 Å². The molecule has 0 aliphatic rings. The largest absolute Gasteiger partial charge is 0.486 e. The van der Waals surface area contributed by atoms with Crippen molar-refractivity contribution in [3.05, 3.63) is 89.0 Å². The number of carbonyl (C=O) groups excluding carboxylic acids is 1. The fraction of sp³-hybridized carbons (Fsp3) is 0.375. The number of hydrogen-bond acceptors (Lipinski definition) is 3. The zero-order valence-corrected chi connectivity index (χ0v) is 22.3. The second kappa shape index (κ2) is 14.9. The van der Waals surface area contributed by atoms with Crippen LogP contribution in [0, 0.1) is 0 Å². The second-order valence-corrected chi connectivity index (χ2v) is 9.48. The van der Waals surface area contributed by atoms with Gasteiger partial charge in [0.05, 0.1) is 6.42 Å². The van der Waals surface area contributed by atoms with Crippen molar-refractivity contribution in [2.24, 2.45) is 0 Å². The molecule has 0 saturated heterocycles. The highest BCUT2D eigenvalue weighted by atomic mass is 19.1. The van der Waals surface area contributed by atoms with Crippen molar-refractivity contribution in [3.8, 4) is 16.9 Å². The summed E-state index contributed by atoms with van der Waals surface area (Å²) in [4.78, 5) is 23.0. The van der Waals surface area contributed by atoms with E-state index in [-0.39, 0.29) is 25.0 Å². The molecule has 1 atom stereocenters. The topological polar surface area (TPSA) is 75.6 Å². The number of nitrogens with one attached hydrogen (secondary N) is 1. The maximum atomic E-state index is 12.9. The molecule has 3 aromatic carbocycles. The lowest BCUT2D eigenvalue weighted by Crippen LogP contribution is -2.26. The molecule has 1 amide bonds. The summed E-state index contributed by atoms with van der Waals surface area (Å²) < 4.78 is 19.5. The van der Waals surface area contributed by atoms with Gasteiger partial charge in [0.25, 0.3) is 5.91 Å². The van der Waals surface area contributed by atoms with E-state index in [9.17, 15) is 14.0 Å². The number of benzene rings is 3. The number of aryl methyl sites for hydroxylation is 1. The zero-order valence-electron chi connectivity index (χ0n) is 22.3. The van der Waals surface area contributed by atoms with E-state index in [0.717, 1.165) is 60.1 Å². The van der Waals surface area contributed by atoms with Crippen LogP contribution in [0.15, 0.2) is 66.7 Å². The first kappa shape index (κ1) is 28.9. The lowest BCUT2D eigenvalue weighted by molar-refractivity contribution is -0.136. The number of carbonyl (C=O) groups is 2. The molecular weight excluding hydrogens is 481 g/mol. The van der Waals surface area contributed by atoms with Gasteiger partial charge in [0.2, 0.25) is 0 Å². The van der Waals surface area contributed by atoms with E-state index in [2.05, 4.69) is 31.3 Å². The van der Waals surface area contributed by atoms with Crippen LogP contribution in [0.5, 0.6) is 5.75 Å². The Kier molecular flexibility index (Phi) is 11.3. The molecule has 0 saturated carbocycles. The predicted octanol–water partition coefficient (Wildman–Crippen LogP) is 7.68. The highest BCUT2D eigenvalue weighted by Gasteiger charge is 2.16. The smallest absolute Gasteiger partial charge is 0.305 e. The third-order valence-corrected chi connectivity index (χ3v) is 6.64. The fourth-order valence-electron chi connectivity index (χ4n) is 4.44. The van der Waals surface area contributed by atoms with Gasteiger partial charge in [-0.15, -0.1) is 0 Å². The highest BCUT2D eigenvalue weighted by molar-refractivity contribution is 5.94. The molecule has 1 unspecified atom stereocenters. The van der Waals surface area contributed by atoms with Gasteiger partial charge in [-0.05, 0) is 71.3 Å². The van der Waals surface area contributed by atoms with Gasteiger partial charge < -0.3 is 15.2 Å². The van der Waals surface area contributed by atoms with E-state index in [1.807, 2.05) is 42.5 Å². The quantitative estimate of drug-likeness (QED) is 0.202. The van der Waals surface area contributed by atoms with Crippen molar-refractivity contribution in [2.75, 3.05) is 6.54 Å². The van der Waals surface area contributed by atoms with E-state index in [4.69, 9.17) is 9.84 Å². The molecule has 3 aromatic rings. The van der Waals surface area contributed by atoms with Crippen molar-refractivity contribution < 1.29 is 23.8 Å². The van der Waals surface area contributed by atoms with E-state index < -0.39 is 12.6 Å². The molecule has 0 bridgehead atoms. The first-order chi connectivity index (χ1) is 18.4. The van der Waals surface area contributed by atoms with Crippen LogP contribution in [0.4, 0.5) is 4.39 Å². The lowest BCUT2D eigenvalue weighted by Gasteiger charge is -2.21. The van der Waals surface area contributed by atoms with E-state index in [1.165, 1.54) is 6.42 Å². The van der Waals surface area contributed by atoms with Crippen LogP contribution in [-0.2, 0) is 17.9 Å². The number of alkyl halides is 1. The van der Waals surface area contributed by atoms with Crippen LogP contribution in [-0.4, -0.2) is 23.5 Å². The Morgan fingerprint density at radius 1 is 0.947 bits per heavy atom. The molecule has 0 fully saturated rings. The van der Waals surface area contributed by atoms with E-state index >= 15 is 0 Å². The molecule has 202 valence electrons. The highest BCUT2D eigenvalue weighted by Crippen LogP contribution is 2.32. The molecule has 2 N–H and O–H groups in total. The Hall–Kier alpha value is -3.67. The molecule has 0 heterocycles. The molecule has 0 aliphatic heterocycles. The summed E-state index contributed by atoms with van der Waals surface area (Å²) in [5, 5.41) is 11.4. The number of aliphatic carboxylic acids is 1. The molecular formula is C32H38FNO4. The van der Waals surface area contributed by atoms with Gasteiger partial charge in [-0.3, -0.25) is 9.59 Å². The Bertz CT molecular complexity index is 1180. The van der Waals surface area contributed by atoms with Gasteiger partial charge in [0.15, 0.2) is 0 Å². The van der Waals surface area contributed by atoms with Crippen LogP contribution in [0.25, 0.3) is 11.1 Å². The maximum Gasteiger partial charge on any atom is 0.305 e. The van der Waals surface area contributed by atoms with Gasteiger partial charge in [-0.2, -0.15) is 0 Å². The fourth-order valence-corrected chi connectivity index (χ4v) is 4.44. The van der Waals surface area contributed by atoms with Gasteiger partial charge in [-0.25, -0.2) is 4.39 Å². The minimum absolute atomic E-state index is 0.0921.